The maximum absolute atomic E-state index is 3.85. The third-order valence-corrected chi connectivity index (χ3v) is 5.94. The Morgan fingerprint density at radius 3 is 2.05 bits per heavy atom. The molecule has 0 N–H and O–H groups in total. The van der Waals surface area contributed by atoms with Crippen LogP contribution in [0.1, 0.15) is 69.4 Å². The van der Waals surface area contributed by atoms with Crippen molar-refractivity contribution in [1.82, 2.24) is 0 Å². The summed E-state index contributed by atoms with van der Waals surface area (Å²) in [6.45, 7) is 6.19. The highest BCUT2D eigenvalue weighted by Crippen LogP contribution is 2.59. The van der Waals surface area contributed by atoms with Gasteiger partial charge in [0, 0.05) is 0 Å². The van der Waals surface area contributed by atoms with E-state index in [1.165, 1.54) is 56.9 Å². The highest BCUT2D eigenvalue weighted by atomic mass is 14.5. The van der Waals surface area contributed by atoms with Crippen LogP contribution in [-0.2, 0) is 5.41 Å². The molecule has 0 heteroatoms. The first-order valence-corrected chi connectivity index (χ1v) is 7.95. The number of rotatable bonds is 4. The molecule has 3 aliphatic rings. The molecule has 4 rings (SSSR count). The highest BCUT2D eigenvalue weighted by molar-refractivity contribution is 5.48. The van der Waals surface area contributed by atoms with E-state index in [0.717, 1.165) is 5.41 Å². The van der Waals surface area contributed by atoms with Crippen molar-refractivity contribution in [2.75, 3.05) is 0 Å². The molecule has 0 spiro atoms. The molecule has 1 aromatic carbocycles. The van der Waals surface area contributed by atoms with Gasteiger partial charge in [0.15, 0.2) is 0 Å². The van der Waals surface area contributed by atoms with Crippen LogP contribution in [0.4, 0.5) is 0 Å². The molecule has 3 fully saturated rings. The van der Waals surface area contributed by atoms with Crippen molar-refractivity contribution in [2.45, 2.75) is 63.7 Å². The van der Waals surface area contributed by atoms with E-state index >= 15 is 0 Å². The Labute approximate surface area is 117 Å². The molecule has 0 atom stereocenters. The summed E-state index contributed by atoms with van der Waals surface area (Å²) < 4.78 is 0. The van der Waals surface area contributed by atoms with Crippen LogP contribution in [0.5, 0.6) is 0 Å². The van der Waals surface area contributed by atoms with Gasteiger partial charge in [-0.1, -0.05) is 50.3 Å². The molecule has 0 saturated heterocycles. The Morgan fingerprint density at radius 1 is 1.00 bits per heavy atom. The summed E-state index contributed by atoms with van der Waals surface area (Å²) in [5.74, 6) is 0. The van der Waals surface area contributed by atoms with E-state index < -0.39 is 0 Å². The normalized spacial score (nSPS) is 33.3. The van der Waals surface area contributed by atoms with Crippen LogP contribution in [-0.4, -0.2) is 0 Å². The minimum atomic E-state index is 0.509. The van der Waals surface area contributed by atoms with Crippen molar-refractivity contribution in [1.29, 1.82) is 0 Å². The lowest BCUT2D eigenvalue weighted by molar-refractivity contribution is 0.0320. The summed E-state index contributed by atoms with van der Waals surface area (Å²) >= 11 is 0. The van der Waals surface area contributed by atoms with E-state index in [0.29, 0.717) is 5.41 Å². The Bertz CT molecular complexity index is 427. The lowest BCUT2D eigenvalue weighted by atomic mass is 9.51. The first kappa shape index (κ1) is 13.0. The van der Waals surface area contributed by atoms with Gasteiger partial charge >= 0.3 is 0 Å². The van der Waals surface area contributed by atoms with Crippen molar-refractivity contribution in [3.63, 3.8) is 0 Å². The molecule has 0 radical (unpaired) electrons. The van der Waals surface area contributed by atoms with Gasteiger partial charge in [-0.2, -0.15) is 0 Å². The Kier molecular flexibility index (Phi) is 3.28. The van der Waals surface area contributed by atoms with Gasteiger partial charge in [0.25, 0.3) is 0 Å². The molecular weight excluding hydrogens is 228 g/mol. The second kappa shape index (κ2) is 4.81. The molecule has 0 amide bonds. The van der Waals surface area contributed by atoms with Crippen LogP contribution in [0.3, 0.4) is 0 Å². The molecule has 0 nitrogen and oxygen atoms in total. The molecule has 2 bridgehead atoms. The van der Waals surface area contributed by atoms with E-state index in [4.69, 9.17) is 0 Å². The third-order valence-electron chi connectivity index (χ3n) is 5.94. The van der Waals surface area contributed by atoms with Crippen LogP contribution in [0.2, 0.25) is 0 Å². The zero-order chi connectivity index (χ0) is 13.3. The Morgan fingerprint density at radius 2 is 1.58 bits per heavy atom. The van der Waals surface area contributed by atoms with Crippen LogP contribution >= 0.6 is 0 Å². The van der Waals surface area contributed by atoms with E-state index in [2.05, 4.69) is 37.8 Å². The van der Waals surface area contributed by atoms with Gasteiger partial charge in [0.05, 0.1) is 0 Å². The fraction of sp³-hybridized carbons (Fsp3) is 0.579. The standard InChI is InChI=1S/C19H26/c1-3-9-18-10-13-19(14-11-18,15-12-18)17-7-5-16(4-2)6-8-17/h4-8H,2-3,9-15H2,1H3. The van der Waals surface area contributed by atoms with Crippen LogP contribution in [0, 0.1) is 5.41 Å². The molecule has 0 unspecified atom stereocenters. The van der Waals surface area contributed by atoms with Gasteiger partial charge in [-0.05, 0) is 66.9 Å². The summed E-state index contributed by atoms with van der Waals surface area (Å²) in [7, 11) is 0. The number of hydrogen-bond acceptors (Lipinski definition) is 0. The molecule has 19 heavy (non-hydrogen) atoms. The summed E-state index contributed by atoms with van der Waals surface area (Å²) in [6, 6.07) is 9.18. The topological polar surface area (TPSA) is 0 Å². The monoisotopic (exact) mass is 254 g/mol. The SMILES string of the molecule is C=Cc1ccc(C23CCC(CCC)(CC2)CC3)cc1. The summed E-state index contributed by atoms with van der Waals surface area (Å²) in [4.78, 5) is 0. The van der Waals surface area contributed by atoms with E-state index in [9.17, 15) is 0 Å². The Hall–Kier alpha value is -1.04. The maximum atomic E-state index is 3.85. The molecule has 3 aliphatic carbocycles. The van der Waals surface area contributed by atoms with Gasteiger partial charge in [0.1, 0.15) is 0 Å². The summed E-state index contributed by atoms with van der Waals surface area (Å²) in [5.41, 5.74) is 4.06. The fourth-order valence-corrected chi connectivity index (χ4v) is 4.57. The predicted octanol–water partition coefficient (Wildman–Crippen LogP) is 5.72. The lowest BCUT2D eigenvalue weighted by Gasteiger charge is -2.54. The predicted molar refractivity (Wildman–Crippen MR) is 83.3 cm³/mol. The third kappa shape index (κ3) is 2.16. The van der Waals surface area contributed by atoms with Crippen molar-refractivity contribution >= 4 is 6.08 Å². The van der Waals surface area contributed by atoms with Crippen LogP contribution in [0.25, 0.3) is 6.08 Å². The summed E-state index contributed by atoms with van der Waals surface area (Å²) in [5, 5.41) is 0. The first-order valence-electron chi connectivity index (χ1n) is 7.95. The van der Waals surface area contributed by atoms with Gasteiger partial charge in [-0.3, -0.25) is 0 Å². The molecule has 102 valence electrons. The van der Waals surface area contributed by atoms with Crippen LogP contribution in [0.15, 0.2) is 30.8 Å². The zero-order valence-corrected chi connectivity index (χ0v) is 12.3. The minimum absolute atomic E-state index is 0.509. The number of hydrogen-bond donors (Lipinski definition) is 0. The van der Waals surface area contributed by atoms with Crippen molar-refractivity contribution in [3.8, 4) is 0 Å². The quantitative estimate of drug-likeness (QED) is 0.644. The number of benzene rings is 1. The second-order valence-electron chi connectivity index (χ2n) is 6.86. The van der Waals surface area contributed by atoms with Crippen LogP contribution < -0.4 is 0 Å². The van der Waals surface area contributed by atoms with Gasteiger partial charge in [0.2, 0.25) is 0 Å². The average Bonchev–Trinajstić information content (AvgIpc) is 2.49. The largest absolute Gasteiger partial charge is 0.0985 e. The van der Waals surface area contributed by atoms with Gasteiger partial charge in [-0.15, -0.1) is 0 Å². The van der Waals surface area contributed by atoms with Gasteiger partial charge in [-0.25, -0.2) is 0 Å². The smallest absolute Gasteiger partial charge is 0.00463 e. The molecular formula is C19H26. The molecule has 0 heterocycles. The van der Waals surface area contributed by atoms with Gasteiger partial charge < -0.3 is 0 Å². The molecule has 0 aromatic heterocycles. The minimum Gasteiger partial charge on any atom is -0.0985 e. The molecule has 0 aliphatic heterocycles. The van der Waals surface area contributed by atoms with E-state index in [1.54, 1.807) is 5.56 Å². The second-order valence-corrected chi connectivity index (χ2v) is 6.86. The zero-order valence-electron chi connectivity index (χ0n) is 12.3. The lowest BCUT2D eigenvalue weighted by Crippen LogP contribution is -2.44. The fourth-order valence-electron chi connectivity index (χ4n) is 4.57. The van der Waals surface area contributed by atoms with E-state index in [1.807, 2.05) is 6.08 Å². The summed E-state index contributed by atoms with van der Waals surface area (Å²) in [6.07, 6.45) is 13.4. The van der Waals surface area contributed by atoms with Crippen molar-refractivity contribution in [3.05, 3.63) is 42.0 Å². The van der Waals surface area contributed by atoms with Crippen molar-refractivity contribution < 1.29 is 0 Å². The number of fused-ring (bicyclic) bond motifs is 3. The molecule has 1 aromatic rings. The van der Waals surface area contributed by atoms with Crippen molar-refractivity contribution in [2.24, 2.45) is 5.41 Å². The Balaban J connectivity index is 1.81. The first-order chi connectivity index (χ1) is 9.22. The maximum Gasteiger partial charge on any atom is -0.00463 e. The average molecular weight is 254 g/mol. The molecule has 3 saturated carbocycles. The highest BCUT2D eigenvalue weighted by Gasteiger charge is 2.48. The van der Waals surface area contributed by atoms with E-state index in [-0.39, 0.29) is 0 Å².